The Labute approximate surface area is 161 Å². The summed E-state index contributed by atoms with van der Waals surface area (Å²) in [5.41, 5.74) is 0.0344. The van der Waals surface area contributed by atoms with Gasteiger partial charge >= 0.3 is 6.18 Å². The number of sulfone groups is 1. The lowest BCUT2D eigenvalue weighted by Gasteiger charge is -2.23. The van der Waals surface area contributed by atoms with E-state index in [1.807, 2.05) is 30.3 Å². The molecule has 1 heterocycles. The Kier molecular flexibility index (Phi) is 6.48. The van der Waals surface area contributed by atoms with Crippen molar-refractivity contribution in [3.63, 3.8) is 0 Å². The molecule has 0 radical (unpaired) electrons. The number of pyridine rings is 1. The third-order valence-electron chi connectivity index (χ3n) is 4.33. The molecule has 0 atom stereocenters. The molecule has 1 amide bonds. The average molecular weight is 414 g/mol. The average Bonchev–Trinajstić information content (AvgIpc) is 2.65. The predicted octanol–water partition coefficient (Wildman–Crippen LogP) is 3.40. The summed E-state index contributed by atoms with van der Waals surface area (Å²) in [6, 6.07) is 11.0. The SMILES string of the molecule is CC(C)(C(=O)NCCCc1ccccc1)S(=O)(=O)c1ccc(C(F)(F)F)cn1. The second-order valence-corrected chi connectivity index (χ2v) is 9.19. The van der Waals surface area contributed by atoms with Crippen LogP contribution in [0.4, 0.5) is 13.2 Å². The topological polar surface area (TPSA) is 76.1 Å². The van der Waals surface area contributed by atoms with Gasteiger partial charge in [-0.2, -0.15) is 13.2 Å². The highest BCUT2D eigenvalue weighted by molar-refractivity contribution is 7.93. The highest BCUT2D eigenvalue weighted by Crippen LogP contribution is 2.30. The fraction of sp³-hybridized carbons (Fsp3) is 0.368. The van der Waals surface area contributed by atoms with Crippen molar-refractivity contribution in [3.05, 3.63) is 59.8 Å². The Morgan fingerprint density at radius 3 is 2.25 bits per heavy atom. The highest BCUT2D eigenvalue weighted by Gasteiger charge is 2.44. The summed E-state index contributed by atoms with van der Waals surface area (Å²) in [5.74, 6) is -0.734. The van der Waals surface area contributed by atoms with Crippen LogP contribution in [0.25, 0.3) is 0 Å². The van der Waals surface area contributed by atoms with Gasteiger partial charge in [0, 0.05) is 12.7 Å². The first kappa shape index (κ1) is 21.9. The Morgan fingerprint density at radius 1 is 1.07 bits per heavy atom. The summed E-state index contributed by atoms with van der Waals surface area (Å²) in [5, 5.41) is 2.00. The molecule has 152 valence electrons. The zero-order chi connectivity index (χ0) is 21.0. The molecule has 0 unspecified atom stereocenters. The van der Waals surface area contributed by atoms with E-state index < -0.39 is 37.3 Å². The van der Waals surface area contributed by atoms with Crippen molar-refractivity contribution in [1.82, 2.24) is 10.3 Å². The van der Waals surface area contributed by atoms with E-state index in [1.54, 1.807) is 0 Å². The second kappa shape index (κ2) is 8.30. The van der Waals surface area contributed by atoms with E-state index in [2.05, 4.69) is 10.3 Å². The smallest absolute Gasteiger partial charge is 0.355 e. The van der Waals surface area contributed by atoms with E-state index in [0.29, 0.717) is 18.7 Å². The quantitative estimate of drug-likeness (QED) is 0.705. The van der Waals surface area contributed by atoms with Gasteiger partial charge in [-0.3, -0.25) is 4.79 Å². The molecular formula is C19H21F3N2O3S. The van der Waals surface area contributed by atoms with Gasteiger partial charge in [0.05, 0.1) is 5.56 Å². The molecule has 0 aliphatic heterocycles. The molecule has 0 bridgehead atoms. The third kappa shape index (κ3) is 4.89. The number of aryl methyl sites for hydroxylation is 1. The first-order chi connectivity index (χ1) is 13.0. The summed E-state index contributed by atoms with van der Waals surface area (Å²) < 4.78 is 61.4. The zero-order valence-corrected chi connectivity index (χ0v) is 16.3. The zero-order valence-electron chi connectivity index (χ0n) is 15.5. The van der Waals surface area contributed by atoms with Crippen molar-refractivity contribution in [2.24, 2.45) is 0 Å². The summed E-state index contributed by atoms with van der Waals surface area (Å²) in [6.45, 7) is 2.68. The van der Waals surface area contributed by atoms with Crippen LogP contribution in [-0.2, 0) is 27.2 Å². The maximum absolute atomic E-state index is 12.7. The fourth-order valence-corrected chi connectivity index (χ4v) is 3.72. The third-order valence-corrected chi connectivity index (χ3v) is 6.65. The molecule has 9 heteroatoms. The van der Waals surface area contributed by atoms with Crippen molar-refractivity contribution in [2.75, 3.05) is 6.54 Å². The molecule has 1 N–H and O–H groups in total. The van der Waals surface area contributed by atoms with Gasteiger partial charge in [-0.25, -0.2) is 13.4 Å². The van der Waals surface area contributed by atoms with Crippen LogP contribution in [0.5, 0.6) is 0 Å². The van der Waals surface area contributed by atoms with Crippen LogP contribution in [0.3, 0.4) is 0 Å². The molecule has 0 aliphatic carbocycles. The van der Waals surface area contributed by atoms with Gasteiger partial charge in [0.15, 0.2) is 9.77 Å². The summed E-state index contributed by atoms with van der Waals surface area (Å²) >= 11 is 0. The number of carbonyl (C=O) groups is 1. The second-order valence-electron chi connectivity index (χ2n) is 6.74. The van der Waals surface area contributed by atoms with Crippen molar-refractivity contribution in [2.45, 2.75) is 42.6 Å². The van der Waals surface area contributed by atoms with Gasteiger partial charge in [-0.1, -0.05) is 30.3 Å². The number of hydrogen-bond donors (Lipinski definition) is 1. The van der Waals surface area contributed by atoms with E-state index in [0.717, 1.165) is 18.1 Å². The van der Waals surface area contributed by atoms with Gasteiger partial charge in [-0.15, -0.1) is 0 Å². The molecule has 0 fully saturated rings. The normalized spacial score (nSPS) is 12.6. The number of benzene rings is 1. The van der Waals surface area contributed by atoms with E-state index in [9.17, 15) is 26.4 Å². The maximum atomic E-state index is 12.7. The molecule has 2 rings (SSSR count). The van der Waals surface area contributed by atoms with Crippen LogP contribution in [0.2, 0.25) is 0 Å². The number of rotatable bonds is 7. The minimum atomic E-state index is -4.62. The number of nitrogens with zero attached hydrogens (tertiary/aromatic N) is 1. The standard InChI is InChI=1S/C19H21F3N2O3S/c1-18(2,17(25)23-12-6-9-14-7-4-3-5-8-14)28(26,27)16-11-10-15(13-24-16)19(20,21)22/h3-5,7-8,10-11,13H,6,9,12H2,1-2H3,(H,23,25). The van der Waals surface area contributed by atoms with Crippen molar-refractivity contribution in [3.8, 4) is 0 Å². The monoisotopic (exact) mass is 414 g/mol. The fourth-order valence-electron chi connectivity index (χ4n) is 2.44. The maximum Gasteiger partial charge on any atom is 0.417 e. The largest absolute Gasteiger partial charge is 0.417 e. The van der Waals surface area contributed by atoms with Gasteiger partial charge in [0.2, 0.25) is 15.7 Å². The Balaban J connectivity index is 2.03. The molecule has 0 saturated heterocycles. The minimum Gasteiger partial charge on any atom is -0.355 e. The van der Waals surface area contributed by atoms with Gasteiger partial charge in [-0.05, 0) is 44.4 Å². The number of aromatic nitrogens is 1. The van der Waals surface area contributed by atoms with Gasteiger partial charge in [0.25, 0.3) is 0 Å². The number of halogens is 3. The highest BCUT2D eigenvalue weighted by atomic mass is 32.2. The van der Waals surface area contributed by atoms with E-state index >= 15 is 0 Å². The van der Waals surface area contributed by atoms with Crippen LogP contribution in [0.1, 0.15) is 31.4 Å². The van der Waals surface area contributed by atoms with E-state index in [1.165, 1.54) is 13.8 Å². The van der Waals surface area contributed by atoms with Crippen molar-refractivity contribution >= 4 is 15.7 Å². The van der Waals surface area contributed by atoms with Crippen LogP contribution < -0.4 is 5.32 Å². The molecule has 0 spiro atoms. The van der Waals surface area contributed by atoms with E-state index in [-0.39, 0.29) is 6.54 Å². The van der Waals surface area contributed by atoms with Crippen LogP contribution in [0.15, 0.2) is 53.7 Å². The lowest BCUT2D eigenvalue weighted by atomic mass is 10.1. The molecule has 1 aromatic heterocycles. The van der Waals surface area contributed by atoms with E-state index in [4.69, 9.17) is 0 Å². The number of amides is 1. The first-order valence-corrected chi connectivity index (χ1v) is 10.0. The molecular weight excluding hydrogens is 393 g/mol. The van der Waals surface area contributed by atoms with Crippen LogP contribution in [0, 0.1) is 0 Å². The Hall–Kier alpha value is -2.42. The molecule has 1 aromatic carbocycles. The lowest BCUT2D eigenvalue weighted by molar-refractivity contribution is -0.137. The van der Waals surface area contributed by atoms with Crippen LogP contribution in [-0.4, -0.2) is 30.6 Å². The number of nitrogens with one attached hydrogen (secondary N) is 1. The number of alkyl halides is 3. The van der Waals surface area contributed by atoms with Crippen molar-refractivity contribution in [1.29, 1.82) is 0 Å². The first-order valence-electron chi connectivity index (χ1n) is 8.56. The minimum absolute atomic E-state index is 0.271. The predicted molar refractivity (Wildman–Crippen MR) is 98.3 cm³/mol. The Bertz CT molecular complexity index is 910. The molecule has 0 saturated carbocycles. The summed E-state index contributed by atoms with van der Waals surface area (Å²) in [4.78, 5) is 15.8. The molecule has 5 nitrogen and oxygen atoms in total. The summed E-state index contributed by atoms with van der Waals surface area (Å²) in [7, 11) is -4.28. The summed E-state index contributed by atoms with van der Waals surface area (Å²) in [6.07, 6.45) is -2.85. The Morgan fingerprint density at radius 2 is 1.71 bits per heavy atom. The lowest BCUT2D eigenvalue weighted by Crippen LogP contribution is -2.48. The van der Waals surface area contributed by atoms with Crippen LogP contribution >= 0.6 is 0 Å². The van der Waals surface area contributed by atoms with Gasteiger partial charge in [0.1, 0.15) is 0 Å². The number of hydrogen-bond acceptors (Lipinski definition) is 4. The molecule has 0 aliphatic rings. The molecule has 2 aromatic rings. The van der Waals surface area contributed by atoms with Crippen molar-refractivity contribution < 1.29 is 26.4 Å². The molecule has 28 heavy (non-hydrogen) atoms. The van der Waals surface area contributed by atoms with Gasteiger partial charge < -0.3 is 5.32 Å². The number of carbonyl (C=O) groups excluding carboxylic acids is 1.